The van der Waals surface area contributed by atoms with Gasteiger partial charge >= 0.3 is 0 Å². The number of fused-ring (bicyclic) bond motifs is 3. The van der Waals surface area contributed by atoms with Crippen LogP contribution in [0.15, 0.2) is 158 Å². The Labute approximate surface area is 256 Å². The molecule has 8 rings (SSSR count). The van der Waals surface area contributed by atoms with Gasteiger partial charge in [-0.15, -0.1) is 0 Å². The zero-order chi connectivity index (χ0) is 29.3. The minimum absolute atomic E-state index is 0.234. The Morgan fingerprint density at radius 2 is 1.07 bits per heavy atom. The van der Waals surface area contributed by atoms with Crippen molar-refractivity contribution >= 4 is 11.4 Å². The quantitative estimate of drug-likeness (QED) is 0.200. The van der Waals surface area contributed by atoms with E-state index in [0.29, 0.717) is 29.1 Å². The standard InChI is InChI=1S/C39H28N4O/c1-3-13-27(14-4-1)37-40-38(28-15-5-2-6-16-28)42-39(41-37)29-17-11-19-31(25-29)44-32-20-12-18-30(26-32)43-35-23-9-7-21-33(35)34-22-8-10-24-36(34)43/h1-26,33,35H. The number of aromatic nitrogens is 3. The molecule has 2 heterocycles. The highest BCUT2D eigenvalue weighted by Crippen LogP contribution is 2.48. The first-order chi connectivity index (χ1) is 21.8. The molecule has 6 aromatic rings. The van der Waals surface area contributed by atoms with Crippen molar-refractivity contribution in [2.75, 3.05) is 4.90 Å². The number of rotatable bonds is 6. The van der Waals surface area contributed by atoms with Crippen molar-refractivity contribution in [3.63, 3.8) is 0 Å². The predicted molar refractivity (Wildman–Crippen MR) is 176 cm³/mol. The molecular formula is C39H28N4O. The number of nitrogens with zero attached hydrogens (tertiary/aromatic N) is 4. The molecule has 5 nitrogen and oxygen atoms in total. The molecule has 5 aromatic carbocycles. The first kappa shape index (κ1) is 25.9. The van der Waals surface area contributed by atoms with E-state index >= 15 is 0 Å². The van der Waals surface area contributed by atoms with Gasteiger partial charge < -0.3 is 9.64 Å². The van der Waals surface area contributed by atoms with Gasteiger partial charge in [-0.1, -0.05) is 121 Å². The number of ether oxygens (including phenoxy) is 1. The largest absolute Gasteiger partial charge is 0.457 e. The van der Waals surface area contributed by atoms with E-state index in [4.69, 9.17) is 19.7 Å². The summed E-state index contributed by atoms with van der Waals surface area (Å²) < 4.78 is 6.46. The molecule has 0 fully saturated rings. The van der Waals surface area contributed by atoms with Gasteiger partial charge in [0.1, 0.15) is 11.5 Å². The van der Waals surface area contributed by atoms with E-state index in [0.717, 1.165) is 28.1 Å². The molecule has 1 aromatic heterocycles. The van der Waals surface area contributed by atoms with E-state index in [9.17, 15) is 0 Å². The maximum absolute atomic E-state index is 6.46. The third-order valence-corrected chi connectivity index (χ3v) is 8.08. The number of hydrogen-bond acceptors (Lipinski definition) is 5. The van der Waals surface area contributed by atoms with Crippen LogP contribution >= 0.6 is 0 Å². The SMILES string of the molecule is C1=CC2c3ccccc3N(c3cccc(Oc4cccc(-c5nc(-c6ccccc6)nc(-c6ccccc6)n5)c4)c3)C2C=C1. The lowest BCUT2D eigenvalue weighted by Gasteiger charge is -2.29. The molecule has 0 radical (unpaired) electrons. The van der Waals surface area contributed by atoms with Crippen molar-refractivity contribution in [1.29, 1.82) is 0 Å². The van der Waals surface area contributed by atoms with E-state index in [-0.39, 0.29) is 6.04 Å². The van der Waals surface area contributed by atoms with Crippen molar-refractivity contribution in [3.8, 4) is 45.7 Å². The van der Waals surface area contributed by atoms with Gasteiger partial charge in [-0.3, -0.25) is 0 Å². The lowest BCUT2D eigenvalue weighted by Crippen LogP contribution is -2.28. The average Bonchev–Trinajstić information content (AvgIpc) is 3.44. The van der Waals surface area contributed by atoms with Crippen LogP contribution in [-0.2, 0) is 0 Å². The minimum Gasteiger partial charge on any atom is -0.457 e. The highest BCUT2D eigenvalue weighted by Gasteiger charge is 2.37. The molecule has 5 heteroatoms. The van der Waals surface area contributed by atoms with E-state index in [1.165, 1.54) is 11.3 Å². The lowest BCUT2D eigenvalue weighted by molar-refractivity contribution is 0.483. The number of benzene rings is 5. The first-order valence-corrected chi connectivity index (χ1v) is 14.8. The maximum atomic E-state index is 6.46. The molecule has 2 atom stereocenters. The van der Waals surface area contributed by atoms with E-state index in [1.54, 1.807) is 0 Å². The Bertz CT molecular complexity index is 1960. The first-order valence-electron chi connectivity index (χ1n) is 14.8. The summed E-state index contributed by atoms with van der Waals surface area (Å²) in [6, 6.07) is 45.1. The summed E-state index contributed by atoms with van der Waals surface area (Å²) in [5.74, 6) is 3.66. The van der Waals surface area contributed by atoms with E-state index < -0.39 is 0 Å². The van der Waals surface area contributed by atoms with Crippen LogP contribution in [0.5, 0.6) is 11.5 Å². The number of allylic oxidation sites excluding steroid dienone is 2. The molecule has 1 aliphatic carbocycles. The summed E-state index contributed by atoms with van der Waals surface area (Å²) in [5, 5.41) is 0. The highest BCUT2D eigenvalue weighted by molar-refractivity contribution is 5.76. The molecule has 2 unspecified atom stereocenters. The summed E-state index contributed by atoms with van der Waals surface area (Å²) in [6.07, 6.45) is 8.86. The summed E-state index contributed by atoms with van der Waals surface area (Å²) in [7, 11) is 0. The second kappa shape index (κ2) is 11.1. The molecule has 0 bridgehead atoms. The fourth-order valence-electron chi connectivity index (χ4n) is 6.06. The molecule has 0 amide bonds. The summed E-state index contributed by atoms with van der Waals surface area (Å²) >= 11 is 0. The van der Waals surface area contributed by atoms with Crippen molar-refractivity contribution in [2.24, 2.45) is 0 Å². The summed E-state index contributed by atoms with van der Waals surface area (Å²) in [5.41, 5.74) is 6.40. The van der Waals surface area contributed by atoms with Crippen LogP contribution in [0.4, 0.5) is 11.4 Å². The monoisotopic (exact) mass is 568 g/mol. The van der Waals surface area contributed by atoms with Crippen molar-refractivity contribution < 1.29 is 4.74 Å². The van der Waals surface area contributed by atoms with Crippen molar-refractivity contribution in [3.05, 3.63) is 163 Å². The van der Waals surface area contributed by atoms with Gasteiger partial charge in [0.25, 0.3) is 0 Å². The zero-order valence-electron chi connectivity index (χ0n) is 23.9. The summed E-state index contributed by atoms with van der Waals surface area (Å²) in [4.78, 5) is 17.0. The molecule has 1 aliphatic heterocycles. The topological polar surface area (TPSA) is 51.1 Å². The maximum Gasteiger partial charge on any atom is 0.164 e. The number of anilines is 2. The molecule has 2 aliphatic rings. The fourth-order valence-corrected chi connectivity index (χ4v) is 6.06. The normalized spacial score (nSPS) is 16.4. The van der Waals surface area contributed by atoms with E-state index in [2.05, 4.69) is 71.7 Å². The van der Waals surface area contributed by atoms with Gasteiger partial charge in [-0.2, -0.15) is 0 Å². The molecular weight excluding hydrogens is 540 g/mol. The second-order valence-electron chi connectivity index (χ2n) is 10.9. The Morgan fingerprint density at radius 3 is 1.80 bits per heavy atom. The van der Waals surface area contributed by atoms with Gasteiger partial charge in [0, 0.05) is 40.0 Å². The van der Waals surface area contributed by atoms with Crippen LogP contribution < -0.4 is 9.64 Å². The summed E-state index contributed by atoms with van der Waals surface area (Å²) in [6.45, 7) is 0. The highest BCUT2D eigenvalue weighted by atomic mass is 16.5. The van der Waals surface area contributed by atoms with Crippen molar-refractivity contribution in [2.45, 2.75) is 12.0 Å². The van der Waals surface area contributed by atoms with Crippen molar-refractivity contribution in [1.82, 2.24) is 15.0 Å². The third kappa shape index (κ3) is 4.84. The number of hydrogen-bond donors (Lipinski definition) is 0. The van der Waals surface area contributed by atoms with Crippen LogP contribution in [0.2, 0.25) is 0 Å². The van der Waals surface area contributed by atoms with E-state index in [1.807, 2.05) is 91.0 Å². The minimum atomic E-state index is 0.234. The lowest BCUT2D eigenvalue weighted by atomic mass is 9.91. The fraction of sp³-hybridized carbons (Fsp3) is 0.0513. The van der Waals surface area contributed by atoms with Gasteiger partial charge in [0.05, 0.1) is 6.04 Å². The molecule has 0 N–H and O–H groups in total. The Kier molecular flexibility index (Phi) is 6.54. The molecule has 0 saturated heterocycles. The third-order valence-electron chi connectivity index (χ3n) is 8.08. The molecule has 0 saturated carbocycles. The van der Waals surface area contributed by atoms with Crippen LogP contribution in [0.3, 0.4) is 0 Å². The Balaban J connectivity index is 1.13. The van der Waals surface area contributed by atoms with Gasteiger partial charge in [0.15, 0.2) is 17.5 Å². The smallest absolute Gasteiger partial charge is 0.164 e. The zero-order valence-corrected chi connectivity index (χ0v) is 23.9. The Hall–Kier alpha value is -5.81. The predicted octanol–water partition coefficient (Wildman–Crippen LogP) is 9.39. The number of para-hydroxylation sites is 1. The van der Waals surface area contributed by atoms with Crippen LogP contribution in [0, 0.1) is 0 Å². The van der Waals surface area contributed by atoms with Gasteiger partial charge in [-0.25, -0.2) is 15.0 Å². The Morgan fingerprint density at radius 1 is 0.500 bits per heavy atom. The van der Waals surface area contributed by atoms with Gasteiger partial charge in [-0.05, 0) is 35.9 Å². The second-order valence-corrected chi connectivity index (χ2v) is 10.9. The van der Waals surface area contributed by atoms with Crippen LogP contribution in [0.25, 0.3) is 34.2 Å². The molecule has 44 heavy (non-hydrogen) atoms. The molecule has 210 valence electrons. The molecule has 0 spiro atoms. The van der Waals surface area contributed by atoms with Crippen LogP contribution in [0.1, 0.15) is 11.5 Å². The van der Waals surface area contributed by atoms with Crippen LogP contribution in [-0.4, -0.2) is 21.0 Å². The average molecular weight is 569 g/mol. The van der Waals surface area contributed by atoms with Gasteiger partial charge in [0.2, 0.25) is 0 Å².